The monoisotopic (exact) mass is 412 g/mol. The Hall–Kier alpha value is -1.64. The largest absolute Gasteiger partial charge is 0.396 e. The van der Waals surface area contributed by atoms with Crippen LogP contribution in [0.2, 0.25) is 0 Å². The Labute approximate surface area is 170 Å². The molecule has 7 nitrogen and oxygen atoms in total. The van der Waals surface area contributed by atoms with Crippen LogP contribution >= 0.6 is 0 Å². The quantitative estimate of drug-likeness (QED) is 0.292. The van der Waals surface area contributed by atoms with Crippen molar-refractivity contribution in [3.05, 3.63) is 35.9 Å². The second-order valence-electron chi connectivity index (χ2n) is 7.28. The van der Waals surface area contributed by atoms with Crippen LogP contribution in [0.1, 0.15) is 39.2 Å². The van der Waals surface area contributed by atoms with E-state index in [1.807, 2.05) is 37.3 Å². The first-order valence-electron chi connectivity index (χ1n) is 10.0. The molecular formula is C20H36N4O3S. The smallest absolute Gasteiger partial charge is 0.213 e. The molecule has 0 heterocycles. The van der Waals surface area contributed by atoms with Gasteiger partial charge in [0, 0.05) is 32.8 Å². The van der Waals surface area contributed by atoms with Crippen LogP contribution in [0.15, 0.2) is 35.3 Å². The molecule has 0 aliphatic rings. The minimum atomic E-state index is -3.37. The molecule has 0 aromatic heterocycles. The van der Waals surface area contributed by atoms with E-state index in [4.69, 9.17) is 0 Å². The van der Waals surface area contributed by atoms with Gasteiger partial charge in [0.15, 0.2) is 5.96 Å². The zero-order valence-corrected chi connectivity index (χ0v) is 18.1. The van der Waals surface area contributed by atoms with Crippen molar-refractivity contribution >= 4 is 16.0 Å². The maximum atomic E-state index is 12.2. The van der Waals surface area contributed by atoms with Crippen LogP contribution in [-0.2, 0) is 16.6 Å². The topological polar surface area (TPSA) is 103 Å². The van der Waals surface area contributed by atoms with Crippen LogP contribution in [0.4, 0.5) is 0 Å². The van der Waals surface area contributed by atoms with Crippen molar-refractivity contribution in [3.8, 4) is 0 Å². The first kappa shape index (κ1) is 24.4. The van der Waals surface area contributed by atoms with E-state index < -0.39 is 10.0 Å². The summed E-state index contributed by atoms with van der Waals surface area (Å²) in [6.07, 6.45) is 1.72. The lowest BCUT2D eigenvalue weighted by molar-refractivity contribution is 0.245. The molecule has 1 rings (SSSR count). The summed E-state index contributed by atoms with van der Waals surface area (Å²) >= 11 is 0. The van der Waals surface area contributed by atoms with Crippen LogP contribution in [0, 0.1) is 11.8 Å². The van der Waals surface area contributed by atoms with E-state index in [2.05, 4.69) is 34.2 Å². The summed E-state index contributed by atoms with van der Waals surface area (Å²) < 4.78 is 27.0. The Kier molecular flexibility index (Phi) is 11.8. The molecule has 0 fully saturated rings. The first-order valence-corrected chi connectivity index (χ1v) is 11.7. The number of aliphatic hydroxyl groups is 1. The molecule has 1 unspecified atom stereocenters. The lowest BCUT2D eigenvalue weighted by Gasteiger charge is -2.17. The summed E-state index contributed by atoms with van der Waals surface area (Å²) in [6.45, 7) is 8.29. The average Bonchev–Trinajstić information content (AvgIpc) is 2.65. The molecule has 160 valence electrons. The van der Waals surface area contributed by atoms with Crippen LogP contribution in [0.3, 0.4) is 0 Å². The van der Waals surface area contributed by atoms with Crippen LogP contribution in [0.25, 0.3) is 0 Å². The van der Waals surface area contributed by atoms with Crippen molar-refractivity contribution in [3.63, 3.8) is 0 Å². The molecule has 28 heavy (non-hydrogen) atoms. The molecule has 1 aromatic carbocycles. The minimum Gasteiger partial charge on any atom is -0.396 e. The van der Waals surface area contributed by atoms with Crippen LogP contribution in [0.5, 0.6) is 0 Å². The maximum absolute atomic E-state index is 12.2. The number of aliphatic imine (C=N–C) groups is 1. The second kappa shape index (κ2) is 13.5. The number of nitrogens with zero attached hydrogens (tertiary/aromatic N) is 1. The number of hydrogen-bond donors (Lipinski definition) is 4. The lowest BCUT2D eigenvalue weighted by Crippen LogP contribution is -2.41. The van der Waals surface area contributed by atoms with Crippen molar-refractivity contribution < 1.29 is 13.5 Å². The van der Waals surface area contributed by atoms with Crippen molar-refractivity contribution in [2.75, 3.05) is 32.0 Å². The second-order valence-corrected chi connectivity index (χ2v) is 9.21. The fourth-order valence-electron chi connectivity index (χ4n) is 2.86. The predicted octanol–water partition coefficient (Wildman–Crippen LogP) is 1.71. The number of hydrogen-bond acceptors (Lipinski definition) is 4. The van der Waals surface area contributed by atoms with E-state index in [1.165, 1.54) is 0 Å². The Bertz CT molecular complexity index is 663. The van der Waals surface area contributed by atoms with Gasteiger partial charge < -0.3 is 15.7 Å². The third-order valence-electron chi connectivity index (χ3n) is 4.20. The van der Waals surface area contributed by atoms with Gasteiger partial charge in [-0.15, -0.1) is 0 Å². The molecule has 0 aliphatic heterocycles. The van der Waals surface area contributed by atoms with Gasteiger partial charge in [0.1, 0.15) is 0 Å². The number of nitrogens with one attached hydrogen (secondary N) is 3. The summed E-state index contributed by atoms with van der Waals surface area (Å²) in [5.74, 6) is 1.43. The van der Waals surface area contributed by atoms with E-state index in [1.54, 1.807) is 0 Å². The summed E-state index contributed by atoms with van der Waals surface area (Å²) in [6, 6.07) is 9.44. The zero-order valence-electron chi connectivity index (χ0n) is 17.3. The van der Waals surface area contributed by atoms with Gasteiger partial charge in [-0.1, -0.05) is 44.2 Å². The Morgan fingerprint density at radius 1 is 1.18 bits per heavy atom. The van der Waals surface area contributed by atoms with Crippen molar-refractivity contribution in [1.82, 2.24) is 15.4 Å². The standard InChI is InChI=1S/C20H36N4O3S/c1-4-21-20(23-15-19(10-12-25)14-17(2)3)22-11-13-28(26,27)24-16-18-8-6-5-7-9-18/h5-9,17,19,24-25H,4,10-16H2,1-3H3,(H2,21,22,23). The van der Waals surface area contributed by atoms with Gasteiger partial charge in [0.05, 0.1) is 5.75 Å². The molecule has 0 bridgehead atoms. The van der Waals surface area contributed by atoms with E-state index in [0.717, 1.165) is 18.4 Å². The highest BCUT2D eigenvalue weighted by molar-refractivity contribution is 7.89. The predicted molar refractivity (Wildman–Crippen MR) is 116 cm³/mol. The molecule has 1 atom stereocenters. The lowest BCUT2D eigenvalue weighted by atomic mass is 9.94. The minimum absolute atomic E-state index is 0.0314. The fourth-order valence-corrected chi connectivity index (χ4v) is 3.76. The van der Waals surface area contributed by atoms with Gasteiger partial charge in [-0.2, -0.15) is 0 Å². The summed E-state index contributed by atoms with van der Waals surface area (Å²) in [5.41, 5.74) is 0.925. The van der Waals surface area contributed by atoms with Crippen molar-refractivity contribution in [2.24, 2.45) is 16.8 Å². The van der Waals surface area contributed by atoms with Crippen molar-refractivity contribution in [1.29, 1.82) is 0 Å². The number of rotatable bonds is 13. The van der Waals surface area contributed by atoms with Crippen molar-refractivity contribution in [2.45, 2.75) is 40.2 Å². The van der Waals surface area contributed by atoms with Gasteiger partial charge in [-0.25, -0.2) is 13.1 Å². The number of benzene rings is 1. The summed E-state index contributed by atoms with van der Waals surface area (Å²) in [7, 11) is -3.37. The Morgan fingerprint density at radius 2 is 1.89 bits per heavy atom. The highest BCUT2D eigenvalue weighted by Gasteiger charge is 2.12. The average molecular weight is 413 g/mol. The number of sulfonamides is 1. The summed E-state index contributed by atoms with van der Waals surface area (Å²) in [5, 5.41) is 15.5. The molecule has 0 amide bonds. The number of guanidine groups is 1. The molecule has 8 heteroatoms. The molecular weight excluding hydrogens is 376 g/mol. The zero-order chi connectivity index (χ0) is 20.8. The molecule has 0 aliphatic carbocycles. The fraction of sp³-hybridized carbons (Fsp3) is 0.650. The van der Waals surface area contributed by atoms with E-state index in [0.29, 0.717) is 30.9 Å². The van der Waals surface area contributed by atoms with E-state index in [9.17, 15) is 13.5 Å². The van der Waals surface area contributed by atoms with Gasteiger partial charge in [-0.3, -0.25) is 4.99 Å². The van der Waals surface area contributed by atoms with Gasteiger partial charge in [-0.05, 0) is 37.2 Å². The highest BCUT2D eigenvalue weighted by atomic mass is 32.2. The van der Waals surface area contributed by atoms with Gasteiger partial charge in [0.25, 0.3) is 0 Å². The molecule has 4 N–H and O–H groups in total. The maximum Gasteiger partial charge on any atom is 0.213 e. The van der Waals surface area contributed by atoms with E-state index in [-0.39, 0.29) is 25.4 Å². The third-order valence-corrected chi connectivity index (χ3v) is 5.52. The third kappa shape index (κ3) is 11.3. The van der Waals surface area contributed by atoms with Crippen LogP contribution in [-0.4, -0.2) is 51.5 Å². The number of aliphatic hydroxyl groups excluding tert-OH is 1. The molecule has 0 saturated carbocycles. The molecule has 0 saturated heterocycles. The Morgan fingerprint density at radius 3 is 2.50 bits per heavy atom. The van der Waals surface area contributed by atoms with Gasteiger partial charge in [0.2, 0.25) is 10.0 Å². The summed E-state index contributed by atoms with van der Waals surface area (Å²) in [4.78, 5) is 4.57. The molecule has 0 spiro atoms. The Balaban J connectivity index is 2.49. The van der Waals surface area contributed by atoms with Crippen LogP contribution < -0.4 is 15.4 Å². The molecule has 1 aromatic rings. The SMILES string of the molecule is CCNC(=NCC(CCO)CC(C)C)NCCS(=O)(=O)NCc1ccccc1. The van der Waals surface area contributed by atoms with E-state index >= 15 is 0 Å². The normalized spacial score (nSPS) is 13.5. The van der Waals surface area contributed by atoms with Gasteiger partial charge >= 0.3 is 0 Å². The molecule has 0 radical (unpaired) electrons. The highest BCUT2D eigenvalue weighted by Crippen LogP contribution is 2.15. The first-order chi connectivity index (χ1) is 13.4.